The van der Waals surface area contributed by atoms with E-state index >= 15 is 0 Å². The number of rotatable bonds is 8. The van der Waals surface area contributed by atoms with E-state index in [0.29, 0.717) is 55.6 Å². The zero-order valence-corrected chi connectivity index (χ0v) is 19.6. The largest absolute Gasteiger partial charge is 0.492 e. The lowest BCUT2D eigenvalue weighted by atomic mass is 9.97. The van der Waals surface area contributed by atoms with Gasteiger partial charge in [0.2, 0.25) is 15.9 Å². The fourth-order valence-electron chi connectivity index (χ4n) is 3.77. The van der Waals surface area contributed by atoms with Crippen molar-refractivity contribution in [3.63, 3.8) is 0 Å². The van der Waals surface area contributed by atoms with Gasteiger partial charge >= 0.3 is 0 Å². The first-order chi connectivity index (χ1) is 15.2. The number of ether oxygens (including phenoxy) is 1. The topological polar surface area (TPSA) is 66.9 Å². The summed E-state index contributed by atoms with van der Waals surface area (Å²) in [7, 11) is -1.84. The molecule has 1 aliphatic heterocycles. The average molecular weight is 463 g/mol. The SMILES string of the molecule is CC(C)c1ccc(S(=O)(=O)N2CCC(C(=O)N(C)CCOc3ccc(F)cc3)CC2)cc1. The zero-order valence-electron chi connectivity index (χ0n) is 18.8. The van der Waals surface area contributed by atoms with E-state index in [9.17, 15) is 17.6 Å². The van der Waals surface area contributed by atoms with Crippen LogP contribution in [0.3, 0.4) is 0 Å². The van der Waals surface area contributed by atoms with E-state index in [4.69, 9.17) is 4.74 Å². The van der Waals surface area contributed by atoms with Crippen LogP contribution in [0, 0.1) is 11.7 Å². The van der Waals surface area contributed by atoms with Crippen LogP contribution in [0.15, 0.2) is 53.4 Å². The number of carbonyl (C=O) groups is 1. The smallest absolute Gasteiger partial charge is 0.243 e. The molecule has 0 aromatic heterocycles. The van der Waals surface area contributed by atoms with Crippen LogP contribution in [0.2, 0.25) is 0 Å². The first-order valence-electron chi connectivity index (χ1n) is 10.9. The summed E-state index contributed by atoms with van der Waals surface area (Å²) in [6, 6.07) is 12.8. The first-order valence-corrected chi connectivity index (χ1v) is 12.4. The highest BCUT2D eigenvalue weighted by Crippen LogP contribution is 2.26. The van der Waals surface area contributed by atoms with Crippen LogP contribution in [-0.4, -0.2) is 56.8 Å². The molecule has 1 saturated heterocycles. The first kappa shape index (κ1) is 24.2. The summed E-state index contributed by atoms with van der Waals surface area (Å²) in [6.07, 6.45) is 0.983. The number of hydrogen-bond acceptors (Lipinski definition) is 4. The number of sulfonamides is 1. The van der Waals surface area contributed by atoms with E-state index in [1.165, 1.54) is 16.4 Å². The normalized spacial score (nSPS) is 15.7. The second kappa shape index (κ2) is 10.4. The molecule has 1 fully saturated rings. The summed E-state index contributed by atoms with van der Waals surface area (Å²) in [5.41, 5.74) is 1.10. The van der Waals surface area contributed by atoms with E-state index in [0.717, 1.165) is 5.56 Å². The highest BCUT2D eigenvalue weighted by Gasteiger charge is 2.33. The van der Waals surface area contributed by atoms with Gasteiger partial charge in [0.05, 0.1) is 11.4 Å². The number of benzene rings is 2. The molecule has 1 amide bonds. The maximum Gasteiger partial charge on any atom is 0.243 e. The molecule has 0 N–H and O–H groups in total. The third kappa shape index (κ3) is 5.86. The van der Waals surface area contributed by atoms with Crippen LogP contribution < -0.4 is 4.74 Å². The van der Waals surface area contributed by atoms with Crippen LogP contribution in [-0.2, 0) is 14.8 Å². The fraction of sp³-hybridized carbons (Fsp3) is 0.458. The minimum atomic E-state index is -3.56. The van der Waals surface area contributed by atoms with Gasteiger partial charge in [0.15, 0.2) is 0 Å². The van der Waals surface area contributed by atoms with Crippen LogP contribution in [0.4, 0.5) is 4.39 Å². The van der Waals surface area contributed by atoms with Gasteiger partial charge in [-0.3, -0.25) is 4.79 Å². The van der Waals surface area contributed by atoms with Crippen molar-refractivity contribution in [3.05, 3.63) is 59.9 Å². The van der Waals surface area contributed by atoms with Gasteiger partial charge in [0.1, 0.15) is 18.2 Å². The van der Waals surface area contributed by atoms with Crippen LogP contribution in [0.5, 0.6) is 5.75 Å². The zero-order chi connectivity index (χ0) is 23.3. The number of likely N-dealkylation sites (N-methyl/N-ethyl adjacent to an activating group) is 1. The van der Waals surface area contributed by atoms with E-state index in [1.54, 1.807) is 36.2 Å². The summed E-state index contributed by atoms with van der Waals surface area (Å²) in [6.45, 7) is 5.48. The van der Waals surface area contributed by atoms with E-state index in [-0.39, 0.29) is 17.6 Å². The molecule has 2 aromatic rings. The molecule has 174 valence electrons. The van der Waals surface area contributed by atoms with Gasteiger partial charge in [0.25, 0.3) is 0 Å². The van der Waals surface area contributed by atoms with Gasteiger partial charge in [-0.05, 0) is 60.7 Å². The Bertz CT molecular complexity index is 999. The Morgan fingerprint density at radius 3 is 2.25 bits per heavy atom. The predicted octanol–water partition coefficient (Wildman–Crippen LogP) is 3.89. The molecule has 32 heavy (non-hydrogen) atoms. The number of piperidine rings is 1. The molecule has 0 spiro atoms. The second-order valence-corrected chi connectivity index (χ2v) is 10.4. The minimum Gasteiger partial charge on any atom is -0.492 e. The Morgan fingerprint density at radius 2 is 1.69 bits per heavy atom. The molecule has 0 saturated carbocycles. The number of amides is 1. The van der Waals surface area contributed by atoms with Crippen molar-refractivity contribution in [3.8, 4) is 5.75 Å². The number of hydrogen-bond donors (Lipinski definition) is 0. The lowest BCUT2D eigenvalue weighted by Crippen LogP contribution is -2.44. The molecule has 1 aliphatic rings. The maximum atomic E-state index is 13.0. The van der Waals surface area contributed by atoms with Gasteiger partial charge in [0, 0.05) is 26.1 Å². The molecule has 3 rings (SSSR count). The fourth-order valence-corrected chi connectivity index (χ4v) is 5.24. The highest BCUT2D eigenvalue weighted by molar-refractivity contribution is 7.89. The molecular formula is C24H31FN2O4S. The summed E-state index contributed by atoms with van der Waals surface area (Å²) in [4.78, 5) is 14.7. The monoisotopic (exact) mass is 462 g/mol. The maximum absolute atomic E-state index is 13.0. The third-order valence-electron chi connectivity index (χ3n) is 5.87. The molecule has 0 atom stereocenters. The highest BCUT2D eigenvalue weighted by atomic mass is 32.2. The molecular weight excluding hydrogens is 431 g/mol. The van der Waals surface area contributed by atoms with Gasteiger partial charge in [-0.2, -0.15) is 4.31 Å². The number of nitrogens with zero attached hydrogens (tertiary/aromatic N) is 2. The summed E-state index contributed by atoms with van der Waals surface area (Å²) in [5.74, 6) is 0.344. The molecule has 1 heterocycles. The van der Waals surface area contributed by atoms with Crippen molar-refractivity contribution < 1.29 is 22.3 Å². The predicted molar refractivity (Wildman–Crippen MR) is 122 cm³/mol. The minimum absolute atomic E-state index is 0.00830. The second-order valence-electron chi connectivity index (χ2n) is 8.46. The lowest BCUT2D eigenvalue weighted by molar-refractivity contribution is -0.135. The molecule has 0 unspecified atom stereocenters. The third-order valence-corrected chi connectivity index (χ3v) is 7.79. The molecule has 0 radical (unpaired) electrons. The Hall–Kier alpha value is -2.45. The van der Waals surface area contributed by atoms with Crippen molar-refractivity contribution >= 4 is 15.9 Å². The van der Waals surface area contributed by atoms with Crippen molar-refractivity contribution in [2.24, 2.45) is 5.92 Å². The van der Waals surface area contributed by atoms with Crippen molar-refractivity contribution in [2.75, 3.05) is 33.3 Å². The van der Waals surface area contributed by atoms with Gasteiger partial charge in [-0.15, -0.1) is 0 Å². The average Bonchev–Trinajstić information content (AvgIpc) is 2.80. The summed E-state index contributed by atoms with van der Waals surface area (Å²) < 4.78 is 45.9. The Balaban J connectivity index is 1.49. The molecule has 0 bridgehead atoms. The van der Waals surface area contributed by atoms with Crippen molar-refractivity contribution in [2.45, 2.75) is 37.5 Å². The van der Waals surface area contributed by atoms with E-state index in [2.05, 4.69) is 13.8 Å². The Morgan fingerprint density at radius 1 is 1.09 bits per heavy atom. The van der Waals surface area contributed by atoms with Gasteiger partial charge in [-0.1, -0.05) is 26.0 Å². The van der Waals surface area contributed by atoms with Crippen LogP contribution in [0.25, 0.3) is 0 Å². The van der Waals surface area contributed by atoms with Gasteiger partial charge < -0.3 is 9.64 Å². The summed E-state index contributed by atoms with van der Waals surface area (Å²) >= 11 is 0. The standard InChI is InChI=1S/C24H31FN2O4S/c1-18(2)19-4-10-23(11-5-19)32(29,30)27-14-12-20(13-15-27)24(28)26(3)16-17-31-22-8-6-21(25)7-9-22/h4-11,18,20H,12-17H2,1-3H3. The molecule has 6 nitrogen and oxygen atoms in total. The number of halogens is 1. The van der Waals surface area contributed by atoms with E-state index in [1.807, 2.05) is 12.1 Å². The van der Waals surface area contributed by atoms with Crippen molar-refractivity contribution in [1.82, 2.24) is 9.21 Å². The lowest BCUT2D eigenvalue weighted by Gasteiger charge is -2.32. The van der Waals surface area contributed by atoms with Crippen LogP contribution in [0.1, 0.15) is 38.2 Å². The quantitative estimate of drug-likeness (QED) is 0.597. The molecule has 8 heteroatoms. The van der Waals surface area contributed by atoms with E-state index < -0.39 is 10.0 Å². The Labute approximate surface area is 190 Å². The molecule has 0 aliphatic carbocycles. The van der Waals surface area contributed by atoms with Crippen LogP contribution >= 0.6 is 0 Å². The summed E-state index contributed by atoms with van der Waals surface area (Å²) in [5, 5.41) is 0. The van der Waals surface area contributed by atoms with Crippen molar-refractivity contribution in [1.29, 1.82) is 0 Å². The Kier molecular flexibility index (Phi) is 7.90. The van der Waals surface area contributed by atoms with Gasteiger partial charge in [-0.25, -0.2) is 12.8 Å². The molecule has 2 aromatic carbocycles. The number of carbonyl (C=O) groups excluding carboxylic acids is 1.